The van der Waals surface area contributed by atoms with E-state index in [1.165, 1.54) is 22.8 Å². The Labute approximate surface area is 220 Å². The van der Waals surface area contributed by atoms with Crippen molar-refractivity contribution in [2.75, 3.05) is 26.7 Å². The number of benzene rings is 2. The van der Waals surface area contributed by atoms with Crippen LogP contribution in [0, 0.1) is 0 Å². The summed E-state index contributed by atoms with van der Waals surface area (Å²) < 4.78 is 38.7. The second-order valence-electron chi connectivity index (χ2n) is 10.3. The van der Waals surface area contributed by atoms with Gasteiger partial charge < -0.3 is 15.2 Å². The fraction of sp³-hybridized carbons (Fsp3) is 0.429. The minimum atomic E-state index is -4.43. The molecule has 2 N–H and O–H groups in total. The van der Waals surface area contributed by atoms with Crippen LogP contribution in [-0.2, 0) is 28.8 Å². The molecule has 0 aliphatic heterocycles. The third kappa shape index (κ3) is 8.88. The van der Waals surface area contributed by atoms with Gasteiger partial charge in [0.25, 0.3) is 5.91 Å². The molecule has 2 aromatic carbocycles. The van der Waals surface area contributed by atoms with Gasteiger partial charge in [0.2, 0.25) is 6.41 Å². The minimum absolute atomic E-state index is 0.228. The standard InChI is InChI=1S/C28H35F3N4O3/c1-27(2,3)38-35(19-36)18-21-9-7-20(8-10-21)6-5-14-34(4)15-13-32-26(37)25-17-22-16-23(28(29,30)31)11-12-24(22)33-25/h7-12,16-17,19,33H,5-6,13-15,18H2,1-4H3,(H,32,37). The van der Waals surface area contributed by atoms with Gasteiger partial charge in [-0.1, -0.05) is 24.3 Å². The van der Waals surface area contributed by atoms with Crippen LogP contribution in [0.1, 0.15) is 54.4 Å². The lowest BCUT2D eigenvalue weighted by Crippen LogP contribution is -2.33. The summed E-state index contributed by atoms with van der Waals surface area (Å²) in [4.78, 5) is 34.3. The summed E-state index contributed by atoms with van der Waals surface area (Å²) in [5.41, 5.74) is 1.69. The molecule has 1 heterocycles. The molecule has 0 aliphatic carbocycles. The number of aromatic nitrogens is 1. The van der Waals surface area contributed by atoms with E-state index in [4.69, 9.17) is 4.84 Å². The highest BCUT2D eigenvalue weighted by Crippen LogP contribution is 2.31. The average molecular weight is 533 g/mol. The highest BCUT2D eigenvalue weighted by molar-refractivity contribution is 5.98. The van der Waals surface area contributed by atoms with Gasteiger partial charge in [0.05, 0.1) is 17.7 Å². The number of nitrogens with zero attached hydrogens (tertiary/aromatic N) is 2. The lowest BCUT2D eigenvalue weighted by molar-refractivity contribution is -0.220. The predicted octanol–water partition coefficient (Wildman–Crippen LogP) is 5.17. The number of nitrogens with one attached hydrogen (secondary N) is 2. The van der Waals surface area contributed by atoms with Crippen molar-refractivity contribution in [1.82, 2.24) is 20.3 Å². The molecule has 2 amide bonds. The van der Waals surface area contributed by atoms with E-state index < -0.39 is 17.3 Å². The summed E-state index contributed by atoms with van der Waals surface area (Å²) >= 11 is 0. The molecule has 1 aromatic heterocycles. The number of carbonyl (C=O) groups is 2. The zero-order valence-corrected chi connectivity index (χ0v) is 22.2. The molecular weight excluding hydrogens is 497 g/mol. The number of carbonyl (C=O) groups excluding carboxylic acids is 2. The maximum Gasteiger partial charge on any atom is 0.416 e. The van der Waals surface area contributed by atoms with E-state index in [1.54, 1.807) is 0 Å². The summed E-state index contributed by atoms with van der Waals surface area (Å²) in [6.45, 7) is 7.93. The van der Waals surface area contributed by atoms with Crippen LogP contribution in [0.5, 0.6) is 0 Å². The van der Waals surface area contributed by atoms with Crippen molar-refractivity contribution >= 4 is 23.2 Å². The average Bonchev–Trinajstić information content (AvgIpc) is 3.27. The highest BCUT2D eigenvalue weighted by Gasteiger charge is 2.30. The monoisotopic (exact) mass is 532 g/mol. The van der Waals surface area contributed by atoms with Crippen molar-refractivity contribution in [2.24, 2.45) is 0 Å². The Kier molecular flexibility index (Phi) is 9.56. The first kappa shape index (κ1) is 29.2. The molecule has 0 spiro atoms. The Morgan fingerprint density at radius 1 is 1.03 bits per heavy atom. The first-order valence-electron chi connectivity index (χ1n) is 12.5. The summed E-state index contributed by atoms with van der Waals surface area (Å²) in [6.07, 6.45) is -1.92. The Balaban J connectivity index is 1.38. The van der Waals surface area contributed by atoms with Crippen LogP contribution in [0.15, 0.2) is 48.5 Å². The quantitative estimate of drug-likeness (QED) is 0.249. The summed E-state index contributed by atoms with van der Waals surface area (Å²) in [6, 6.07) is 12.9. The topological polar surface area (TPSA) is 77.7 Å². The van der Waals surface area contributed by atoms with Crippen LogP contribution < -0.4 is 5.32 Å². The number of H-pyrrole nitrogens is 1. The first-order valence-corrected chi connectivity index (χ1v) is 12.5. The van der Waals surface area contributed by atoms with Gasteiger partial charge in [-0.25, -0.2) is 5.06 Å². The van der Waals surface area contributed by atoms with Gasteiger partial charge in [-0.15, -0.1) is 0 Å². The molecule has 0 saturated carbocycles. The lowest BCUT2D eigenvalue weighted by atomic mass is 10.1. The number of fused-ring (bicyclic) bond motifs is 1. The molecule has 0 atom stereocenters. The SMILES string of the molecule is CN(CCCc1ccc(CN(C=O)OC(C)(C)C)cc1)CCNC(=O)c1cc2cc(C(F)(F)F)ccc2[nH]1. The fourth-order valence-corrected chi connectivity index (χ4v) is 3.99. The van der Waals surface area contributed by atoms with E-state index in [-0.39, 0.29) is 11.6 Å². The third-order valence-corrected chi connectivity index (χ3v) is 5.85. The first-order chi connectivity index (χ1) is 17.8. The summed E-state index contributed by atoms with van der Waals surface area (Å²) in [5, 5.41) is 4.45. The van der Waals surface area contributed by atoms with Crippen molar-refractivity contribution in [1.29, 1.82) is 0 Å². The lowest BCUT2D eigenvalue weighted by Gasteiger charge is -2.26. The second kappa shape index (κ2) is 12.4. The number of rotatable bonds is 12. The number of alkyl halides is 3. The number of halogens is 3. The number of hydroxylamine groups is 2. The maximum absolute atomic E-state index is 12.9. The van der Waals surface area contributed by atoms with Gasteiger partial charge >= 0.3 is 6.18 Å². The molecule has 0 aliphatic rings. The van der Waals surface area contributed by atoms with Gasteiger partial charge in [0.1, 0.15) is 5.69 Å². The molecule has 0 saturated heterocycles. The summed E-state index contributed by atoms with van der Waals surface area (Å²) in [7, 11) is 1.97. The Morgan fingerprint density at radius 3 is 2.34 bits per heavy atom. The van der Waals surface area contributed by atoms with E-state index >= 15 is 0 Å². The van der Waals surface area contributed by atoms with Crippen molar-refractivity contribution in [3.05, 3.63) is 70.9 Å². The number of hydrogen-bond acceptors (Lipinski definition) is 4. The maximum atomic E-state index is 12.9. The minimum Gasteiger partial charge on any atom is -0.351 e. The van der Waals surface area contributed by atoms with E-state index in [9.17, 15) is 22.8 Å². The number of likely N-dealkylation sites (N-methyl/N-ethyl adjacent to an activating group) is 1. The third-order valence-electron chi connectivity index (χ3n) is 5.85. The number of aromatic amines is 1. The molecule has 38 heavy (non-hydrogen) atoms. The van der Waals surface area contributed by atoms with Crippen molar-refractivity contribution in [3.63, 3.8) is 0 Å². The number of amides is 2. The van der Waals surface area contributed by atoms with Crippen LogP contribution >= 0.6 is 0 Å². The normalized spacial score (nSPS) is 12.2. The van der Waals surface area contributed by atoms with Crippen molar-refractivity contribution in [2.45, 2.75) is 51.9 Å². The van der Waals surface area contributed by atoms with E-state index in [0.717, 1.165) is 37.1 Å². The molecule has 10 heteroatoms. The van der Waals surface area contributed by atoms with Crippen LogP contribution in [0.3, 0.4) is 0 Å². The number of hydrogen-bond donors (Lipinski definition) is 2. The highest BCUT2D eigenvalue weighted by atomic mass is 19.4. The fourth-order valence-electron chi connectivity index (χ4n) is 3.99. The van der Waals surface area contributed by atoms with Crippen LogP contribution in [0.25, 0.3) is 10.9 Å². The van der Waals surface area contributed by atoms with E-state index in [2.05, 4.69) is 15.2 Å². The van der Waals surface area contributed by atoms with Gasteiger partial charge in [-0.3, -0.25) is 14.4 Å². The largest absolute Gasteiger partial charge is 0.416 e. The predicted molar refractivity (Wildman–Crippen MR) is 140 cm³/mol. The molecular formula is C28H35F3N4O3. The number of aryl methyl sites for hydroxylation is 1. The molecule has 206 valence electrons. The molecule has 0 unspecified atom stereocenters. The van der Waals surface area contributed by atoms with Gasteiger partial charge in [0.15, 0.2) is 0 Å². The Bertz CT molecular complexity index is 1220. The molecule has 7 nitrogen and oxygen atoms in total. The van der Waals surface area contributed by atoms with E-state index in [0.29, 0.717) is 36.9 Å². The molecule has 3 rings (SSSR count). The summed E-state index contributed by atoms with van der Waals surface area (Å²) in [5.74, 6) is -0.357. The van der Waals surface area contributed by atoms with Crippen molar-refractivity contribution in [3.8, 4) is 0 Å². The van der Waals surface area contributed by atoms with Crippen LogP contribution in [-0.4, -0.2) is 59.5 Å². The van der Waals surface area contributed by atoms with E-state index in [1.807, 2.05) is 52.1 Å². The molecule has 0 fully saturated rings. The Hall–Kier alpha value is -3.37. The zero-order valence-electron chi connectivity index (χ0n) is 22.2. The molecule has 0 radical (unpaired) electrons. The second-order valence-corrected chi connectivity index (χ2v) is 10.3. The van der Waals surface area contributed by atoms with Gasteiger partial charge in [0, 0.05) is 24.0 Å². The smallest absolute Gasteiger partial charge is 0.351 e. The van der Waals surface area contributed by atoms with Gasteiger partial charge in [-0.2, -0.15) is 13.2 Å². The van der Waals surface area contributed by atoms with Gasteiger partial charge in [-0.05, 0) is 82.6 Å². The van der Waals surface area contributed by atoms with Crippen molar-refractivity contribution < 1.29 is 27.6 Å². The molecule has 3 aromatic rings. The Morgan fingerprint density at radius 2 is 1.71 bits per heavy atom. The van der Waals surface area contributed by atoms with Crippen LogP contribution in [0.4, 0.5) is 13.2 Å². The zero-order chi connectivity index (χ0) is 27.9. The van der Waals surface area contributed by atoms with Crippen LogP contribution in [0.2, 0.25) is 0 Å². The molecule has 0 bridgehead atoms.